The number of allylic oxidation sites excluding steroid dienone is 1. The van der Waals surface area contributed by atoms with E-state index < -0.39 is 23.8 Å². The number of hydrogen-bond donors (Lipinski definition) is 1. The van der Waals surface area contributed by atoms with Crippen LogP contribution in [0.4, 0.5) is 4.39 Å². The SMILES string of the molecule is CC(Oc1ccc(F)cc1)C(=O)Oc1ccc2c(c1)OC(N)=C(C#N)C2c1ccc(Br)cc1. The summed E-state index contributed by atoms with van der Waals surface area (Å²) in [6, 6.07) is 19.9. The van der Waals surface area contributed by atoms with E-state index >= 15 is 0 Å². The van der Waals surface area contributed by atoms with Crippen molar-refractivity contribution in [3.63, 3.8) is 0 Å². The van der Waals surface area contributed by atoms with Crippen LogP contribution in [0.3, 0.4) is 0 Å². The van der Waals surface area contributed by atoms with Gasteiger partial charge in [0.15, 0.2) is 6.10 Å². The Balaban J connectivity index is 1.56. The predicted molar refractivity (Wildman–Crippen MR) is 122 cm³/mol. The highest BCUT2D eigenvalue weighted by molar-refractivity contribution is 9.10. The molecule has 33 heavy (non-hydrogen) atoms. The molecule has 0 saturated carbocycles. The standard InChI is InChI=1S/C25H18BrFN2O4/c1-14(31-18-8-6-17(27)7-9-18)25(30)32-19-10-11-20-22(12-19)33-24(29)21(13-28)23(20)15-2-4-16(26)5-3-15/h2-12,14,23H,29H2,1H3. The molecule has 0 amide bonds. The molecule has 2 atom stereocenters. The molecule has 1 aliphatic rings. The molecule has 0 aromatic heterocycles. The highest BCUT2D eigenvalue weighted by atomic mass is 79.9. The van der Waals surface area contributed by atoms with Crippen LogP contribution in [0.1, 0.15) is 24.0 Å². The number of hydrogen-bond acceptors (Lipinski definition) is 6. The minimum Gasteiger partial charge on any atom is -0.479 e. The number of fused-ring (bicyclic) bond motifs is 1. The van der Waals surface area contributed by atoms with Gasteiger partial charge < -0.3 is 19.9 Å². The second-order valence-electron chi connectivity index (χ2n) is 7.31. The summed E-state index contributed by atoms with van der Waals surface area (Å²) in [5.41, 5.74) is 7.92. The fourth-order valence-corrected chi connectivity index (χ4v) is 3.73. The van der Waals surface area contributed by atoms with Crippen molar-refractivity contribution in [3.8, 4) is 23.3 Å². The van der Waals surface area contributed by atoms with Gasteiger partial charge in [-0.1, -0.05) is 34.1 Å². The van der Waals surface area contributed by atoms with E-state index in [1.54, 1.807) is 18.2 Å². The summed E-state index contributed by atoms with van der Waals surface area (Å²) in [6.07, 6.45) is -0.932. The zero-order chi connectivity index (χ0) is 23.5. The summed E-state index contributed by atoms with van der Waals surface area (Å²) >= 11 is 3.41. The zero-order valence-corrected chi connectivity index (χ0v) is 19.0. The molecule has 0 spiro atoms. The molecule has 166 valence electrons. The first kappa shape index (κ1) is 22.4. The second kappa shape index (κ2) is 9.35. The Kier molecular flexibility index (Phi) is 6.33. The minimum absolute atomic E-state index is 0.00518. The van der Waals surface area contributed by atoms with E-state index in [2.05, 4.69) is 22.0 Å². The maximum Gasteiger partial charge on any atom is 0.352 e. The number of halogens is 2. The van der Waals surface area contributed by atoms with Crippen molar-refractivity contribution < 1.29 is 23.4 Å². The topological polar surface area (TPSA) is 94.6 Å². The van der Waals surface area contributed by atoms with Crippen LogP contribution in [0.25, 0.3) is 0 Å². The lowest BCUT2D eigenvalue weighted by atomic mass is 9.83. The van der Waals surface area contributed by atoms with Crippen LogP contribution in [-0.2, 0) is 4.79 Å². The lowest BCUT2D eigenvalue weighted by Crippen LogP contribution is -2.28. The Labute approximate surface area is 198 Å². The number of nitriles is 1. The maximum absolute atomic E-state index is 13.0. The molecule has 2 N–H and O–H groups in total. The quantitative estimate of drug-likeness (QED) is 0.376. The largest absolute Gasteiger partial charge is 0.479 e. The third-order valence-electron chi connectivity index (χ3n) is 5.07. The van der Waals surface area contributed by atoms with E-state index in [4.69, 9.17) is 19.9 Å². The molecule has 1 aliphatic heterocycles. The fraction of sp³-hybridized carbons (Fsp3) is 0.120. The fourth-order valence-electron chi connectivity index (χ4n) is 3.46. The highest BCUT2D eigenvalue weighted by Gasteiger charge is 2.31. The Morgan fingerprint density at radius 3 is 2.45 bits per heavy atom. The number of carbonyl (C=O) groups excluding carboxylic acids is 1. The first-order chi connectivity index (χ1) is 15.9. The Bertz CT molecular complexity index is 1270. The van der Waals surface area contributed by atoms with Gasteiger partial charge in [-0.25, -0.2) is 9.18 Å². The van der Waals surface area contributed by atoms with Crippen molar-refractivity contribution >= 4 is 21.9 Å². The molecule has 1 heterocycles. The molecule has 2 unspecified atom stereocenters. The van der Waals surface area contributed by atoms with Gasteiger partial charge in [0.25, 0.3) is 0 Å². The van der Waals surface area contributed by atoms with Crippen molar-refractivity contribution in [2.75, 3.05) is 0 Å². The molecule has 0 aliphatic carbocycles. The summed E-state index contributed by atoms with van der Waals surface area (Å²) in [7, 11) is 0. The van der Waals surface area contributed by atoms with Crippen LogP contribution >= 0.6 is 15.9 Å². The van der Waals surface area contributed by atoms with Gasteiger partial charge >= 0.3 is 5.97 Å². The first-order valence-corrected chi connectivity index (χ1v) is 10.8. The molecule has 0 radical (unpaired) electrons. The Morgan fingerprint density at radius 2 is 1.79 bits per heavy atom. The molecule has 4 rings (SSSR count). The maximum atomic E-state index is 13.0. The molecule has 0 saturated heterocycles. The van der Waals surface area contributed by atoms with Gasteiger partial charge in [-0.15, -0.1) is 0 Å². The van der Waals surface area contributed by atoms with Crippen LogP contribution in [-0.4, -0.2) is 12.1 Å². The van der Waals surface area contributed by atoms with Crippen LogP contribution in [0.5, 0.6) is 17.2 Å². The molecular formula is C25H18BrFN2O4. The highest BCUT2D eigenvalue weighted by Crippen LogP contribution is 2.43. The molecule has 0 fully saturated rings. The summed E-state index contributed by atoms with van der Waals surface area (Å²) in [4.78, 5) is 12.5. The summed E-state index contributed by atoms with van der Waals surface area (Å²) in [6.45, 7) is 1.53. The van der Waals surface area contributed by atoms with Crippen molar-refractivity contribution in [1.29, 1.82) is 5.26 Å². The number of rotatable bonds is 5. The molecule has 6 nitrogen and oxygen atoms in total. The summed E-state index contributed by atoms with van der Waals surface area (Å²) < 4.78 is 30.6. The number of benzene rings is 3. The van der Waals surface area contributed by atoms with Crippen LogP contribution in [0, 0.1) is 17.1 Å². The van der Waals surface area contributed by atoms with Gasteiger partial charge in [-0.2, -0.15) is 5.26 Å². The first-order valence-electron chi connectivity index (χ1n) is 9.96. The zero-order valence-electron chi connectivity index (χ0n) is 17.4. The van der Waals surface area contributed by atoms with Crippen molar-refractivity contribution in [2.45, 2.75) is 18.9 Å². The molecule has 3 aromatic rings. The van der Waals surface area contributed by atoms with E-state index in [0.29, 0.717) is 17.1 Å². The van der Waals surface area contributed by atoms with Gasteiger partial charge in [-0.3, -0.25) is 0 Å². The summed E-state index contributed by atoms with van der Waals surface area (Å²) in [5, 5.41) is 9.66. The third-order valence-corrected chi connectivity index (χ3v) is 5.60. The van der Waals surface area contributed by atoms with E-state index in [-0.39, 0.29) is 11.6 Å². The number of nitrogens with zero attached hydrogens (tertiary/aromatic N) is 1. The average Bonchev–Trinajstić information content (AvgIpc) is 2.80. The van der Waals surface area contributed by atoms with Gasteiger partial charge in [0.2, 0.25) is 5.88 Å². The predicted octanol–water partition coefficient (Wildman–Crippen LogP) is 5.18. The van der Waals surface area contributed by atoms with Crippen LogP contribution in [0.15, 0.2) is 82.7 Å². The lowest BCUT2D eigenvalue weighted by molar-refractivity contribution is -0.141. The smallest absolute Gasteiger partial charge is 0.352 e. The Morgan fingerprint density at radius 1 is 1.12 bits per heavy atom. The molecular weight excluding hydrogens is 491 g/mol. The van der Waals surface area contributed by atoms with Gasteiger partial charge in [0.05, 0.1) is 5.92 Å². The average molecular weight is 509 g/mol. The van der Waals surface area contributed by atoms with E-state index in [0.717, 1.165) is 15.6 Å². The second-order valence-corrected chi connectivity index (χ2v) is 8.23. The van der Waals surface area contributed by atoms with E-state index in [9.17, 15) is 14.4 Å². The van der Waals surface area contributed by atoms with Crippen LogP contribution < -0.4 is 19.9 Å². The monoisotopic (exact) mass is 508 g/mol. The Hall–Kier alpha value is -3.83. The van der Waals surface area contributed by atoms with Crippen LogP contribution in [0.2, 0.25) is 0 Å². The minimum atomic E-state index is -0.932. The summed E-state index contributed by atoms with van der Waals surface area (Å²) in [5.74, 6) is -0.504. The van der Waals surface area contributed by atoms with Crippen molar-refractivity contribution in [1.82, 2.24) is 0 Å². The number of esters is 1. The van der Waals surface area contributed by atoms with Gasteiger partial charge in [-0.05, 0) is 55.0 Å². The van der Waals surface area contributed by atoms with Gasteiger partial charge in [0.1, 0.15) is 34.7 Å². The lowest BCUT2D eigenvalue weighted by Gasteiger charge is -2.26. The molecule has 3 aromatic carbocycles. The van der Waals surface area contributed by atoms with Crippen molar-refractivity contribution in [3.05, 3.63) is 99.6 Å². The van der Waals surface area contributed by atoms with E-state index in [1.807, 2.05) is 24.3 Å². The normalized spacial score (nSPS) is 15.6. The van der Waals surface area contributed by atoms with E-state index in [1.165, 1.54) is 31.2 Å². The number of carbonyl (C=O) groups is 1. The number of ether oxygens (including phenoxy) is 3. The third kappa shape index (κ3) is 4.83. The van der Waals surface area contributed by atoms with Crippen molar-refractivity contribution in [2.24, 2.45) is 5.73 Å². The molecule has 0 bridgehead atoms. The number of nitrogens with two attached hydrogens (primary N) is 1. The molecule has 8 heteroatoms. The van der Waals surface area contributed by atoms with Gasteiger partial charge in [0, 0.05) is 16.1 Å².